The molecule has 2 fully saturated rings. The van der Waals surface area contributed by atoms with Gasteiger partial charge in [0.2, 0.25) is 0 Å². The van der Waals surface area contributed by atoms with Crippen molar-refractivity contribution in [2.75, 3.05) is 26.2 Å². The number of benzene rings is 2. The molecule has 2 heterocycles. The van der Waals surface area contributed by atoms with Crippen LogP contribution in [0, 0.1) is 12.8 Å². The third-order valence-electron chi connectivity index (χ3n) is 7.64. The molecular weight excluding hydrogens is 464 g/mol. The molecule has 2 amide bonds. The Morgan fingerprint density at radius 1 is 1.05 bits per heavy atom. The number of rotatable bonds is 9. The third kappa shape index (κ3) is 6.04. The summed E-state index contributed by atoms with van der Waals surface area (Å²) in [7, 11) is 0. The molecule has 1 saturated carbocycles. The van der Waals surface area contributed by atoms with E-state index < -0.39 is 0 Å². The molecular formula is C30H38N4O3. The van der Waals surface area contributed by atoms with E-state index >= 15 is 0 Å². The zero-order valence-electron chi connectivity index (χ0n) is 22.2. The molecule has 37 heavy (non-hydrogen) atoms. The summed E-state index contributed by atoms with van der Waals surface area (Å²) in [6.07, 6.45) is 6.69. The Morgan fingerprint density at radius 2 is 1.78 bits per heavy atom. The third-order valence-corrected chi connectivity index (χ3v) is 7.64. The van der Waals surface area contributed by atoms with E-state index in [1.54, 1.807) is 0 Å². The molecule has 1 aliphatic carbocycles. The molecule has 0 bridgehead atoms. The van der Waals surface area contributed by atoms with Crippen LogP contribution in [0.2, 0.25) is 0 Å². The molecule has 1 aliphatic heterocycles. The molecule has 3 aromatic rings. The van der Waals surface area contributed by atoms with Crippen molar-refractivity contribution in [2.24, 2.45) is 5.92 Å². The van der Waals surface area contributed by atoms with Crippen LogP contribution in [-0.4, -0.2) is 58.8 Å². The summed E-state index contributed by atoms with van der Waals surface area (Å²) in [6, 6.07) is 12.0. The van der Waals surface area contributed by atoms with Crippen LogP contribution >= 0.6 is 0 Å². The van der Waals surface area contributed by atoms with E-state index in [9.17, 15) is 9.59 Å². The van der Waals surface area contributed by atoms with Crippen molar-refractivity contribution in [3.8, 4) is 0 Å². The number of amides is 2. The minimum atomic E-state index is -0.0845. The highest BCUT2D eigenvalue weighted by molar-refractivity contribution is 6.00. The van der Waals surface area contributed by atoms with E-state index in [1.807, 2.05) is 54.6 Å². The molecule has 0 radical (unpaired) electrons. The number of nitrogens with zero attached hydrogens (tertiary/aromatic N) is 3. The topological polar surface area (TPSA) is 76.5 Å². The number of hydrogen-bond acceptors (Lipinski definition) is 4. The van der Waals surface area contributed by atoms with E-state index in [4.69, 9.17) is 9.84 Å². The zero-order chi connectivity index (χ0) is 25.9. The number of carbonyl (C=O) groups excluding carboxylic acids is 2. The van der Waals surface area contributed by atoms with Crippen LogP contribution in [0.25, 0.3) is 10.9 Å². The lowest BCUT2D eigenvalue weighted by Crippen LogP contribution is -2.39. The smallest absolute Gasteiger partial charge is 0.253 e. The van der Waals surface area contributed by atoms with Crippen LogP contribution in [0.3, 0.4) is 0 Å². The number of likely N-dealkylation sites (tertiary alicyclic amines) is 1. The summed E-state index contributed by atoms with van der Waals surface area (Å²) in [6.45, 7) is 9.30. The van der Waals surface area contributed by atoms with Crippen LogP contribution in [0.5, 0.6) is 0 Å². The molecule has 1 saturated heterocycles. The quantitative estimate of drug-likeness (QED) is 0.421. The number of aromatic nitrogens is 2. The minimum Gasteiger partial charge on any atom is -0.377 e. The number of aryl methyl sites for hydroxylation is 1. The van der Waals surface area contributed by atoms with Gasteiger partial charge >= 0.3 is 0 Å². The first kappa shape index (κ1) is 25.5. The van der Waals surface area contributed by atoms with Crippen molar-refractivity contribution in [1.82, 2.24) is 20.0 Å². The standard InChI is InChI=1S/C30H38N4O3/c1-20(2)37-17-14-31-29(35)26-10-11-28-27(21(26)3)19-34(32-28)18-22-12-15-33(16-13-22)30(36)25-8-6-24(7-9-25)23-4-5-23/h6-11,19-20,22-23H,4-5,12-18H2,1-3H3,(H,31,35). The predicted octanol–water partition coefficient (Wildman–Crippen LogP) is 4.93. The van der Waals surface area contributed by atoms with E-state index in [-0.39, 0.29) is 17.9 Å². The molecule has 0 atom stereocenters. The SMILES string of the molecule is Cc1c(C(=O)NCCOC(C)C)ccc2nn(CC3CCN(C(=O)c4ccc(C5CC5)cc4)CC3)cc12. The van der Waals surface area contributed by atoms with E-state index in [1.165, 1.54) is 18.4 Å². The first-order valence-corrected chi connectivity index (χ1v) is 13.6. The van der Waals surface area contributed by atoms with Gasteiger partial charge in [-0.15, -0.1) is 0 Å². The minimum absolute atomic E-state index is 0.0845. The molecule has 2 aromatic carbocycles. The Hall–Kier alpha value is -3.19. The lowest BCUT2D eigenvalue weighted by molar-refractivity contribution is 0.0681. The van der Waals surface area contributed by atoms with Crippen molar-refractivity contribution >= 4 is 22.7 Å². The van der Waals surface area contributed by atoms with Crippen LogP contribution in [0.4, 0.5) is 0 Å². The van der Waals surface area contributed by atoms with Crippen molar-refractivity contribution in [3.63, 3.8) is 0 Å². The highest BCUT2D eigenvalue weighted by Crippen LogP contribution is 2.40. The second kappa shape index (κ2) is 11.1. The fourth-order valence-corrected chi connectivity index (χ4v) is 5.25. The fourth-order valence-electron chi connectivity index (χ4n) is 5.25. The molecule has 7 heteroatoms. The summed E-state index contributed by atoms with van der Waals surface area (Å²) in [4.78, 5) is 27.7. The van der Waals surface area contributed by atoms with Crippen LogP contribution in [-0.2, 0) is 11.3 Å². The molecule has 1 aromatic heterocycles. The monoisotopic (exact) mass is 502 g/mol. The molecule has 1 N–H and O–H groups in total. The van der Waals surface area contributed by atoms with Crippen LogP contribution in [0.15, 0.2) is 42.6 Å². The Bertz CT molecular complexity index is 1250. The normalized spacial score (nSPS) is 16.5. The number of hydrogen-bond donors (Lipinski definition) is 1. The number of piperidine rings is 1. The number of ether oxygens (including phenoxy) is 1. The fraction of sp³-hybridized carbons (Fsp3) is 0.500. The van der Waals surface area contributed by atoms with Gasteiger partial charge in [-0.05, 0) is 93.7 Å². The average Bonchev–Trinajstić information content (AvgIpc) is 3.67. The molecule has 2 aliphatic rings. The summed E-state index contributed by atoms with van der Waals surface area (Å²) in [5.74, 6) is 1.24. The van der Waals surface area contributed by atoms with Crippen molar-refractivity contribution < 1.29 is 14.3 Å². The Balaban J connectivity index is 1.15. The van der Waals surface area contributed by atoms with E-state index in [0.717, 1.165) is 54.5 Å². The predicted molar refractivity (Wildman–Crippen MR) is 145 cm³/mol. The van der Waals surface area contributed by atoms with Gasteiger partial charge in [0.15, 0.2) is 0 Å². The average molecular weight is 503 g/mol. The Labute approximate surface area is 219 Å². The van der Waals surface area contributed by atoms with Gasteiger partial charge < -0.3 is 15.0 Å². The van der Waals surface area contributed by atoms with Crippen LogP contribution in [0.1, 0.15) is 77.3 Å². The number of carbonyl (C=O) groups is 2. The van der Waals surface area contributed by atoms with E-state index in [0.29, 0.717) is 30.6 Å². The molecule has 7 nitrogen and oxygen atoms in total. The Morgan fingerprint density at radius 3 is 2.46 bits per heavy atom. The summed E-state index contributed by atoms with van der Waals surface area (Å²) in [5, 5.41) is 8.73. The van der Waals surface area contributed by atoms with Gasteiger partial charge in [-0.25, -0.2) is 0 Å². The molecule has 0 unspecified atom stereocenters. The second-order valence-electron chi connectivity index (χ2n) is 10.8. The highest BCUT2D eigenvalue weighted by Gasteiger charge is 2.26. The molecule has 5 rings (SSSR count). The largest absolute Gasteiger partial charge is 0.377 e. The lowest BCUT2D eigenvalue weighted by atomic mass is 9.96. The van der Waals surface area contributed by atoms with Gasteiger partial charge in [0.25, 0.3) is 11.8 Å². The number of fused-ring (bicyclic) bond motifs is 1. The summed E-state index contributed by atoms with van der Waals surface area (Å²) >= 11 is 0. The van der Waals surface area contributed by atoms with E-state index in [2.05, 4.69) is 23.6 Å². The van der Waals surface area contributed by atoms with Gasteiger partial charge in [-0.3, -0.25) is 14.3 Å². The van der Waals surface area contributed by atoms with Crippen molar-refractivity contribution in [3.05, 3.63) is 64.8 Å². The van der Waals surface area contributed by atoms with Gasteiger partial charge in [-0.1, -0.05) is 12.1 Å². The van der Waals surface area contributed by atoms with Gasteiger partial charge in [-0.2, -0.15) is 5.10 Å². The first-order chi connectivity index (χ1) is 17.9. The maximum absolute atomic E-state index is 13.0. The summed E-state index contributed by atoms with van der Waals surface area (Å²) in [5.41, 5.74) is 4.68. The maximum atomic E-state index is 13.0. The highest BCUT2D eigenvalue weighted by atomic mass is 16.5. The second-order valence-corrected chi connectivity index (χ2v) is 10.8. The Kier molecular flexibility index (Phi) is 7.60. The van der Waals surface area contributed by atoms with Gasteiger partial charge in [0, 0.05) is 48.9 Å². The lowest BCUT2D eigenvalue weighted by Gasteiger charge is -2.32. The molecule has 0 spiro atoms. The van der Waals surface area contributed by atoms with Gasteiger partial charge in [0.05, 0.1) is 18.2 Å². The van der Waals surface area contributed by atoms with Crippen molar-refractivity contribution in [2.45, 2.75) is 65.0 Å². The summed E-state index contributed by atoms with van der Waals surface area (Å²) < 4.78 is 7.52. The van der Waals surface area contributed by atoms with Crippen molar-refractivity contribution in [1.29, 1.82) is 0 Å². The maximum Gasteiger partial charge on any atom is 0.253 e. The zero-order valence-corrected chi connectivity index (χ0v) is 22.2. The number of nitrogens with one attached hydrogen (secondary N) is 1. The van der Waals surface area contributed by atoms with Gasteiger partial charge in [0.1, 0.15) is 0 Å². The van der Waals surface area contributed by atoms with Crippen LogP contribution < -0.4 is 5.32 Å². The molecule has 196 valence electrons. The first-order valence-electron chi connectivity index (χ1n) is 13.6.